The summed E-state index contributed by atoms with van der Waals surface area (Å²) in [6, 6.07) is 17.3. The molecule has 3 aromatic rings. The Hall–Kier alpha value is -3.65. The summed E-state index contributed by atoms with van der Waals surface area (Å²) in [7, 11) is -3.53. The Morgan fingerprint density at radius 1 is 0.909 bits per heavy atom. The van der Waals surface area contributed by atoms with Gasteiger partial charge in [0.05, 0.1) is 18.5 Å². The van der Waals surface area contributed by atoms with Crippen molar-refractivity contribution in [2.24, 2.45) is 5.73 Å². The Labute approximate surface area is 194 Å². The number of anilines is 2. The average molecular weight is 466 g/mol. The predicted octanol–water partition coefficient (Wildman–Crippen LogP) is 3.93. The number of hydrogen-bond donors (Lipinski definition) is 2. The lowest BCUT2D eigenvalue weighted by Crippen LogP contribution is -2.30. The van der Waals surface area contributed by atoms with Gasteiger partial charge in [0.1, 0.15) is 0 Å². The van der Waals surface area contributed by atoms with Crippen LogP contribution in [0.2, 0.25) is 0 Å². The van der Waals surface area contributed by atoms with Crippen molar-refractivity contribution >= 4 is 33.2 Å². The van der Waals surface area contributed by atoms with E-state index in [2.05, 4.69) is 5.32 Å². The third-order valence-corrected chi connectivity index (χ3v) is 6.59. The number of primary amides is 1. The first-order valence-electron chi connectivity index (χ1n) is 10.3. The van der Waals surface area contributed by atoms with Crippen molar-refractivity contribution in [3.05, 3.63) is 94.0 Å². The van der Waals surface area contributed by atoms with Crippen LogP contribution in [0.5, 0.6) is 0 Å². The van der Waals surface area contributed by atoms with Crippen LogP contribution >= 0.6 is 0 Å². The van der Waals surface area contributed by atoms with E-state index in [-0.39, 0.29) is 12.5 Å². The van der Waals surface area contributed by atoms with Crippen molar-refractivity contribution in [1.82, 2.24) is 0 Å². The zero-order valence-electron chi connectivity index (χ0n) is 19.0. The van der Waals surface area contributed by atoms with Gasteiger partial charge in [0.25, 0.3) is 5.91 Å². The molecule has 0 aliphatic rings. The molecule has 0 fully saturated rings. The van der Waals surface area contributed by atoms with Gasteiger partial charge in [-0.2, -0.15) is 0 Å². The second-order valence-corrected chi connectivity index (χ2v) is 9.91. The molecule has 0 spiro atoms. The molecular weight excluding hydrogens is 438 g/mol. The van der Waals surface area contributed by atoms with Crippen LogP contribution in [0.1, 0.15) is 43.0 Å². The van der Waals surface area contributed by atoms with Crippen LogP contribution in [0, 0.1) is 20.8 Å². The van der Waals surface area contributed by atoms with Gasteiger partial charge < -0.3 is 11.1 Å². The fourth-order valence-corrected chi connectivity index (χ4v) is 4.72. The van der Waals surface area contributed by atoms with Gasteiger partial charge in [-0.25, -0.2) is 8.42 Å². The van der Waals surface area contributed by atoms with Crippen LogP contribution in [0.4, 0.5) is 11.4 Å². The lowest BCUT2D eigenvalue weighted by molar-refractivity contribution is 0.0995. The van der Waals surface area contributed by atoms with E-state index < -0.39 is 15.9 Å². The highest BCUT2D eigenvalue weighted by atomic mass is 32.2. The van der Waals surface area contributed by atoms with Crippen molar-refractivity contribution in [2.75, 3.05) is 15.9 Å². The number of carbonyl (C=O) groups excluding carboxylic acids is 2. The van der Waals surface area contributed by atoms with E-state index in [1.807, 2.05) is 32.0 Å². The monoisotopic (exact) mass is 465 g/mol. The molecule has 172 valence electrons. The molecule has 0 unspecified atom stereocenters. The molecular formula is C25H27N3O4S. The number of carbonyl (C=O) groups is 2. The van der Waals surface area contributed by atoms with Crippen LogP contribution in [0.15, 0.2) is 60.7 Å². The maximum Gasteiger partial charge on any atom is 0.255 e. The predicted molar refractivity (Wildman–Crippen MR) is 131 cm³/mol. The van der Waals surface area contributed by atoms with Gasteiger partial charge in [0.15, 0.2) is 0 Å². The molecule has 0 saturated carbocycles. The van der Waals surface area contributed by atoms with E-state index in [1.54, 1.807) is 49.4 Å². The van der Waals surface area contributed by atoms with Crippen molar-refractivity contribution in [2.45, 2.75) is 27.3 Å². The lowest BCUT2D eigenvalue weighted by Gasteiger charge is -2.26. The quantitative estimate of drug-likeness (QED) is 0.551. The number of nitrogens with zero attached hydrogens (tertiary/aromatic N) is 1. The third kappa shape index (κ3) is 5.40. The molecule has 8 heteroatoms. The van der Waals surface area contributed by atoms with Gasteiger partial charge in [-0.3, -0.25) is 13.9 Å². The number of nitrogens with two attached hydrogens (primary N) is 1. The molecule has 0 bridgehead atoms. The second kappa shape index (κ2) is 9.46. The van der Waals surface area contributed by atoms with Crippen molar-refractivity contribution in [3.63, 3.8) is 0 Å². The van der Waals surface area contributed by atoms with Crippen LogP contribution in [-0.4, -0.2) is 26.5 Å². The van der Waals surface area contributed by atoms with Gasteiger partial charge in [0.2, 0.25) is 15.9 Å². The minimum atomic E-state index is -3.53. The van der Waals surface area contributed by atoms with Gasteiger partial charge in [-0.1, -0.05) is 36.4 Å². The molecule has 7 nitrogen and oxygen atoms in total. The Morgan fingerprint density at radius 3 is 2.03 bits per heavy atom. The molecule has 0 aromatic heterocycles. The van der Waals surface area contributed by atoms with Crippen LogP contribution in [0.3, 0.4) is 0 Å². The molecule has 0 radical (unpaired) electrons. The van der Waals surface area contributed by atoms with Gasteiger partial charge in [0, 0.05) is 16.8 Å². The molecule has 0 atom stereocenters. The van der Waals surface area contributed by atoms with Crippen LogP contribution in [-0.2, 0) is 16.6 Å². The topological polar surface area (TPSA) is 110 Å². The number of benzene rings is 3. The summed E-state index contributed by atoms with van der Waals surface area (Å²) >= 11 is 0. The van der Waals surface area contributed by atoms with Crippen LogP contribution < -0.4 is 15.4 Å². The summed E-state index contributed by atoms with van der Waals surface area (Å²) < 4.78 is 26.5. The van der Waals surface area contributed by atoms with E-state index in [0.29, 0.717) is 28.1 Å². The number of amides is 2. The first-order valence-corrected chi connectivity index (χ1v) is 12.2. The Balaban J connectivity index is 1.83. The first-order chi connectivity index (χ1) is 15.5. The summed E-state index contributed by atoms with van der Waals surface area (Å²) in [5.41, 5.74) is 10.3. The molecule has 0 saturated heterocycles. The van der Waals surface area contributed by atoms with E-state index in [1.165, 1.54) is 10.6 Å². The summed E-state index contributed by atoms with van der Waals surface area (Å²) in [6.45, 7) is 5.62. The van der Waals surface area contributed by atoms with Gasteiger partial charge in [-0.05, 0) is 67.3 Å². The SMILES string of the molecule is Cc1cccc(C)c1N(Cc1ccc(C(=O)Nc2cccc(C(N)=O)c2C)cc1)S(C)(=O)=O. The number of hydrogen-bond acceptors (Lipinski definition) is 4. The van der Waals surface area contributed by atoms with E-state index >= 15 is 0 Å². The minimum Gasteiger partial charge on any atom is -0.366 e. The zero-order chi connectivity index (χ0) is 24.3. The highest BCUT2D eigenvalue weighted by molar-refractivity contribution is 7.92. The van der Waals surface area contributed by atoms with E-state index in [4.69, 9.17) is 5.73 Å². The molecule has 0 heterocycles. The fraction of sp³-hybridized carbons (Fsp3) is 0.200. The molecule has 3 aromatic carbocycles. The standard InChI is InChI=1S/C25H27N3O4S/c1-16-7-5-8-17(2)23(16)28(33(4,31)32)15-19-11-13-20(14-12-19)25(30)27-22-10-6-9-21(18(22)3)24(26)29/h5-14H,15H2,1-4H3,(H2,26,29)(H,27,30). The molecule has 3 rings (SSSR count). The maximum atomic E-state index is 12.7. The number of sulfonamides is 1. The minimum absolute atomic E-state index is 0.145. The Morgan fingerprint density at radius 2 is 1.48 bits per heavy atom. The zero-order valence-corrected chi connectivity index (χ0v) is 19.9. The van der Waals surface area contributed by atoms with Gasteiger partial charge in [-0.15, -0.1) is 0 Å². The number of aryl methyl sites for hydroxylation is 2. The second-order valence-electron chi connectivity index (χ2n) is 8.00. The molecule has 0 aliphatic carbocycles. The molecule has 3 N–H and O–H groups in total. The van der Waals surface area contributed by atoms with E-state index in [9.17, 15) is 18.0 Å². The van der Waals surface area contributed by atoms with Crippen LogP contribution in [0.25, 0.3) is 0 Å². The smallest absolute Gasteiger partial charge is 0.255 e. The molecule has 2 amide bonds. The first kappa shape index (κ1) is 24.0. The van der Waals surface area contributed by atoms with Crippen molar-refractivity contribution in [3.8, 4) is 0 Å². The highest BCUT2D eigenvalue weighted by Crippen LogP contribution is 2.28. The summed E-state index contributed by atoms with van der Waals surface area (Å²) in [4.78, 5) is 24.3. The number of rotatable bonds is 7. The summed E-state index contributed by atoms with van der Waals surface area (Å²) in [6.07, 6.45) is 1.18. The number of nitrogens with one attached hydrogen (secondary N) is 1. The van der Waals surface area contributed by atoms with Gasteiger partial charge >= 0.3 is 0 Å². The Bertz CT molecular complexity index is 1300. The normalized spacial score (nSPS) is 11.2. The van der Waals surface area contributed by atoms with Crippen molar-refractivity contribution in [1.29, 1.82) is 0 Å². The average Bonchev–Trinajstić information content (AvgIpc) is 2.74. The maximum absolute atomic E-state index is 12.7. The van der Waals surface area contributed by atoms with E-state index in [0.717, 1.165) is 16.7 Å². The summed E-state index contributed by atoms with van der Waals surface area (Å²) in [5.74, 6) is -0.909. The fourth-order valence-electron chi connectivity index (χ4n) is 3.72. The summed E-state index contributed by atoms with van der Waals surface area (Å²) in [5, 5.41) is 2.79. The van der Waals surface area contributed by atoms with Crippen molar-refractivity contribution < 1.29 is 18.0 Å². The molecule has 0 aliphatic heterocycles. The lowest BCUT2D eigenvalue weighted by atomic mass is 10.1. The number of para-hydroxylation sites is 1. The largest absolute Gasteiger partial charge is 0.366 e. The Kier molecular flexibility index (Phi) is 6.88. The third-order valence-electron chi connectivity index (χ3n) is 5.48. The highest BCUT2D eigenvalue weighted by Gasteiger charge is 2.21. The molecule has 33 heavy (non-hydrogen) atoms.